The minimum Gasteiger partial charge on any atom is -0.380 e. The summed E-state index contributed by atoms with van der Waals surface area (Å²) in [6.45, 7) is 6.14. The van der Waals surface area contributed by atoms with Crippen LogP contribution in [-0.2, 0) is 0 Å². The second-order valence-corrected chi connectivity index (χ2v) is 2.82. The van der Waals surface area contributed by atoms with Gasteiger partial charge in [0.2, 0.25) is 0 Å². The molecule has 0 fully saturated rings. The molecular formula is C9H16O. The molecule has 0 aromatic carbocycles. The first-order chi connectivity index (χ1) is 4.66. The minimum atomic E-state index is -0.417. The summed E-state index contributed by atoms with van der Waals surface area (Å²) in [5, 5.41) is 9.18. The maximum atomic E-state index is 9.18. The number of hydrogen-bond donors (Lipinski definition) is 1. The average molecular weight is 140 g/mol. The number of rotatable bonds is 2. The van der Waals surface area contributed by atoms with E-state index >= 15 is 0 Å². The highest BCUT2D eigenvalue weighted by molar-refractivity contribution is 5.03. The monoisotopic (exact) mass is 140 g/mol. The molecule has 1 atom stereocenters. The minimum absolute atomic E-state index is 0.417. The molecule has 0 saturated heterocycles. The molecule has 0 aromatic rings. The Morgan fingerprint density at radius 1 is 1.40 bits per heavy atom. The summed E-state index contributed by atoms with van der Waals surface area (Å²) in [4.78, 5) is 0. The van der Waals surface area contributed by atoms with Gasteiger partial charge >= 0.3 is 0 Å². The van der Waals surface area contributed by atoms with Gasteiger partial charge in [-0.1, -0.05) is 26.7 Å². The maximum Gasteiger partial charge on any atom is 0.115 e. The molecule has 1 N–H and O–H groups in total. The van der Waals surface area contributed by atoms with Gasteiger partial charge in [-0.05, 0) is 12.3 Å². The lowest BCUT2D eigenvalue weighted by Gasteiger charge is -2.04. The molecule has 0 aliphatic rings. The van der Waals surface area contributed by atoms with E-state index in [9.17, 15) is 5.11 Å². The largest absolute Gasteiger partial charge is 0.380 e. The number of aliphatic hydroxyl groups excluding tert-OH is 1. The van der Waals surface area contributed by atoms with Gasteiger partial charge in [0.1, 0.15) is 6.10 Å². The second-order valence-electron chi connectivity index (χ2n) is 2.82. The zero-order valence-corrected chi connectivity index (χ0v) is 7.02. The van der Waals surface area contributed by atoms with E-state index in [0.29, 0.717) is 5.92 Å². The maximum absolute atomic E-state index is 9.18. The fraction of sp³-hybridized carbons (Fsp3) is 0.778. The van der Waals surface area contributed by atoms with Crippen LogP contribution < -0.4 is 0 Å². The predicted molar refractivity (Wildman–Crippen MR) is 43.5 cm³/mol. The third-order valence-corrected chi connectivity index (χ3v) is 1.14. The molecule has 0 aliphatic heterocycles. The van der Waals surface area contributed by atoms with Gasteiger partial charge in [0.15, 0.2) is 0 Å². The highest BCUT2D eigenvalue weighted by Gasteiger charge is 2.00. The van der Waals surface area contributed by atoms with E-state index in [2.05, 4.69) is 25.7 Å². The molecule has 0 rings (SSSR count). The van der Waals surface area contributed by atoms with Gasteiger partial charge < -0.3 is 5.11 Å². The summed E-state index contributed by atoms with van der Waals surface area (Å²) in [5.74, 6) is 6.15. The Bertz CT molecular complexity index is 127. The summed E-state index contributed by atoms with van der Waals surface area (Å²) in [6, 6.07) is 0. The Labute approximate surface area is 63.5 Å². The van der Waals surface area contributed by atoms with Gasteiger partial charge in [-0.25, -0.2) is 0 Å². The first-order valence-corrected chi connectivity index (χ1v) is 3.83. The van der Waals surface area contributed by atoms with Crippen molar-refractivity contribution in [3.8, 4) is 11.8 Å². The summed E-state index contributed by atoms with van der Waals surface area (Å²) >= 11 is 0. The molecular weight excluding hydrogens is 124 g/mol. The topological polar surface area (TPSA) is 20.2 Å². The van der Waals surface area contributed by atoms with Crippen molar-refractivity contribution < 1.29 is 5.11 Å². The third-order valence-electron chi connectivity index (χ3n) is 1.14. The van der Waals surface area contributed by atoms with E-state index in [-0.39, 0.29) is 0 Å². The van der Waals surface area contributed by atoms with E-state index in [1.165, 1.54) is 0 Å². The van der Waals surface area contributed by atoms with Crippen LogP contribution in [-0.4, -0.2) is 11.2 Å². The van der Waals surface area contributed by atoms with Crippen LogP contribution in [0.1, 0.15) is 33.6 Å². The van der Waals surface area contributed by atoms with Crippen molar-refractivity contribution >= 4 is 0 Å². The molecule has 58 valence electrons. The van der Waals surface area contributed by atoms with Crippen LogP contribution in [0.4, 0.5) is 0 Å². The van der Waals surface area contributed by atoms with Crippen molar-refractivity contribution in [1.29, 1.82) is 0 Å². The Morgan fingerprint density at radius 3 is 2.40 bits per heavy atom. The molecule has 0 aromatic heterocycles. The molecule has 1 heteroatoms. The Hall–Kier alpha value is -0.480. The van der Waals surface area contributed by atoms with Crippen LogP contribution >= 0.6 is 0 Å². The van der Waals surface area contributed by atoms with Gasteiger partial charge in [0, 0.05) is 6.42 Å². The molecule has 1 nitrogen and oxygen atoms in total. The van der Waals surface area contributed by atoms with E-state index in [1.54, 1.807) is 0 Å². The lowest BCUT2D eigenvalue weighted by Crippen LogP contribution is -2.06. The van der Waals surface area contributed by atoms with Gasteiger partial charge in [-0.3, -0.25) is 0 Å². The van der Waals surface area contributed by atoms with Crippen LogP contribution in [0.25, 0.3) is 0 Å². The van der Waals surface area contributed by atoms with Gasteiger partial charge in [-0.2, -0.15) is 0 Å². The predicted octanol–water partition coefficient (Wildman–Crippen LogP) is 1.81. The molecule has 0 spiro atoms. The Morgan fingerprint density at radius 2 is 2.00 bits per heavy atom. The first-order valence-electron chi connectivity index (χ1n) is 3.83. The summed E-state index contributed by atoms with van der Waals surface area (Å²) < 4.78 is 0. The molecule has 0 aliphatic carbocycles. The van der Waals surface area contributed by atoms with Crippen molar-refractivity contribution in [1.82, 2.24) is 0 Å². The van der Waals surface area contributed by atoms with Crippen LogP contribution in [0.2, 0.25) is 0 Å². The fourth-order valence-corrected chi connectivity index (χ4v) is 0.725. The summed E-state index contributed by atoms with van der Waals surface area (Å²) in [5.41, 5.74) is 0. The highest BCUT2D eigenvalue weighted by Crippen LogP contribution is 2.02. The van der Waals surface area contributed by atoms with Gasteiger partial charge in [-0.15, -0.1) is 5.92 Å². The van der Waals surface area contributed by atoms with E-state index in [4.69, 9.17) is 0 Å². The quantitative estimate of drug-likeness (QED) is 0.580. The molecule has 0 amide bonds. The van der Waals surface area contributed by atoms with Crippen LogP contribution in [0.5, 0.6) is 0 Å². The number of aliphatic hydroxyl groups is 1. The first kappa shape index (κ1) is 9.52. The average Bonchev–Trinajstić information content (AvgIpc) is 1.82. The van der Waals surface area contributed by atoms with Crippen molar-refractivity contribution in [3.05, 3.63) is 0 Å². The van der Waals surface area contributed by atoms with Gasteiger partial charge in [0.25, 0.3) is 0 Å². The molecule has 0 heterocycles. The molecule has 0 bridgehead atoms. The van der Waals surface area contributed by atoms with Crippen molar-refractivity contribution in [2.45, 2.75) is 39.7 Å². The lowest BCUT2D eigenvalue weighted by molar-refractivity contribution is 0.204. The zero-order chi connectivity index (χ0) is 7.98. The molecule has 0 radical (unpaired) electrons. The number of hydrogen-bond acceptors (Lipinski definition) is 1. The highest BCUT2D eigenvalue weighted by atomic mass is 16.3. The van der Waals surface area contributed by atoms with Crippen LogP contribution in [0, 0.1) is 17.8 Å². The third kappa shape index (κ3) is 5.65. The van der Waals surface area contributed by atoms with Crippen LogP contribution in [0.15, 0.2) is 0 Å². The van der Waals surface area contributed by atoms with E-state index in [1.807, 2.05) is 6.92 Å². The molecule has 10 heavy (non-hydrogen) atoms. The van der Waals surface area contributed by atoms with Gasteiger partial charge in [0.05, 0.1) is 0 Å². The molecule has 0 saturated carbocycles. The normalized spacial score (nSPS) is 12.5. The zero-order valence-electron chi connectivity index (χ0n) is 7.02. The SMILES string of the molecule is CCC#C[C@@H](O)CC(C)C. The summed E-state index contributed by atoms with van der Waals surface area (Å²) in [7, 11) is 0. The summed E-state index contributed by atoms with van der Waals surface area (Å²) in [6.07, 6.45) is 1.20. The van der Waals surface area contributed by atoms with Crippen LogP contribution in [0.3, 0.4) is 0 Å². The Balaban J connectivity index is 3.52. The van der Waals surface area contributed by atoms with E-state index in [0.717, 1.165) is 12.8 Å². The standard InChI is InChI=1S/C9H16O/c1-4-5-6-9(10)7-8(2)3/h8-10H,4,7H2,1-3H3/t9-/m1/s1. The van der Waals surface area contributed by atoms with E-state index < -0.39 is 6.10 Å². The van der Waals surface area contributed by atoms with Crippen molar-refractivity contribution in [2.75, 3.05) is 0 Å². The smallest absolute Gasteiger partial charge is 0.115 e. The fourth-order valence-electron chi connectivity index (χ4n) is 0.725. The van der Waals surface area contributed by atoms with Crippen molar-refractivity contribution in [2.24, 2.45) is 5.92 Å². The molecule has 0 unspecified atom stereocenters. The Kier molecular flexibility index (Phi) is 5.06. The second kappa shape index (κ2) is 5.32. The van der Waals surface area contributed by atoms with Crippen molar-refractivity contribution in [3.63, 3.8) is 0 Å². The lowest BCUT2D eigenvalue weighted by atomic mass is 10.1.